The Bertz CT molecular complexity index is 1200. The lowest BCUT2D eigenvalue weighted by Gasteiger charge is -2.15. The van der Waals surface area contributed by atoms with Gasteiger partial charge in [-0.1, -0.05) is 29.8 Å². The van der Waals surface area contributed by atoms with Crippen LogP contribution in [0.25, 0.3) is 11.3 Å². The van der Waals surface area contributed by atoms with Crippen LogP contribution in [0.4, 0.5) is 5.69 Å². The minimum Gasteiger partial charge on any atom is -0.325 e. The fraction of sp³-hybridized carbons (Fsp3) is 0.304. The molecule has 0 saturated carbocycles. The normalized spacial score (nSPS) is 14.6. The molecule has 0 spiro atoms. The van der Waals surface area contributed by atoms with Gasteiger partial charge in [0, 0.05) is 29.7 Å². The van der Waals surface area contributed by atoms with Crippen molar-refractivity contribution in [3.63, 3.8) is 0 Å². The number of amides is 1. The zero-order chi connectivity index (χ0) is 22.0. The second kappa shape index (κ2) is 8.90. The molecule has 2 heterocycles. The van der Waals surface area contributed by atoms with Gasteiger partial charge in [-0.25, -0.2) is 13.4 Å². The summed E-state index contributed by atoms with van der Waals surface area (Å²) in [5.41, 5.74) is 4.56. The first-order chi connectivity index (χ1) is 14.8. The summed E-state index contributed by atoms with van der Waals surface area (Å²) in [6, 6.07) is 12.7. The predicted molar refractivity (Wildman–Crippen MR) is 124 cm³/mol. The van der Waals surface area contributed by atoms with E-state index in [0.29, 0.717) is 23.0 Å². The molecular weight excluding hydrogens is 430 g/mol. The number of hydrogen-bond acceptors (Lipinski definition) is 5. The largest absolute Gasteiger partial charge is 0.325 e. The summed E-state index contributed by atoms with van der Waals surface area (Å²) in [5, 5.41) is 5.55. The summed E-state index contributed by atoms with van der Waals surface area (Å²) in [4.78, 5) is 17.3. The van der Waals surface area contributed by atoms with Crippen LogP contribution in [-0.4, -0.2) is 36.7 Å². The molecule has 0 aliphatic carbocycles. The second-order valence-corrected chi connectivity index (χ2v) is 10.7. The highest BCUT2D eigenvalue weighted by atomic mass is 32.2. The number of nitrogens with zero attached hydrogens (tertiary/aromatic N) is 2. The molecule has 1 N–H and O–H groups in total. The molecule has 0 unspecified atom stereocenters. The zero-order valence-electron chi connectivity index (χ0n) is 17.6. The number of aryl methyl sites for hydroxylation is 2. The van der Waals surface area contributed by atoms with E-state index in [2.05, 4.69) is 10.3 Å². The Morgan fingerprint density at radius 1 is 1.10 bits per heavy atom. The standard InChI is InChI=1S/C23H25N3O3S2/c1-16-5-10-20(17(2)13-16)24-22(27)14-23-25-21(15-30-23)18-6-8-19(9-7-18)31(28,29)26-11-3-4-12-26/h5-10,13,15H,3-4,11-12,14H2,1-2H3,(H,24,27). The van der Waals surface area contributed by atoms with Crippen molar-refractivity contribution in [3.05, 3.63) is 64.0 Å². The number of carbonyl (C=O) groups excluding carboxylic acids is 1. The van der Waals surface area contributed by atoms with Crippen LogP contribution in [0.2, 0.25) is 0 Å². The van der Waals surface area contributed by atoms with Gasteiger partial charge in [-0.3, -0.25) is 4.79 Å². The number of sulfonamides is 1. The fourth-order valence-corrected chi connectivity index (χ4v) is 6.00. The predicted octanol–water partition coefficient (Wildman–Crippen LogP) is 4.39. The molecule has 0 bridgehead atoms. The number of thiazole rings is 1. The van der Waals surface area contributed by atoms with Crippen molar-refractivity contribution in [2.75, 3.05) is 18.4 Å². The van der Waals surface area contributed by atoms with E-state index in [-0.39, 0.29) is 12.3 Å². The maximum Gasteiger partial charge on any atom is 0.243 e. The average Bonchev–Trinajstić information content (AvgIpc) is 3.43. The highest BCUT2D eigenvalue weighted by molar-refractivity contribution is 7.89. The lowest BCUT2D eigenvalue weighted by atomic mass is 10.1. The zero-order valence-corrected chi connectivity index (χ0v) is 19.2. The van der Waals surface area contributed by atoms with Crippen LogP contribution >= 0.6 is 11.3 Å². The van der Waals surface area contributed by atoms with Crippen LogP contribution in [0.3, 0.4) is 0 Å². The van der Waals surface area contributed by atoms with Gasteiger partial charge in [-0.15, -0.1) is 11.3 Å². The van der Waals surface area contributed by atoms with Crippen LogP contribution in [-0.2, 0) is 21.2 Å². The molecule has 1 aromatic heterocycles. The fourth-order valence-electron chi connectivity index (χ4n) is 3.69. The number of nitrogens with one attached hydrogen (secondary N) is 1. The molecule has 1 amide bonds. The van der Waals surface area contributed by atoms with Gasteiger partial charge in [0.15, 0.2) is 0 Å². The quantitative estimate of drug-likeness (QED) is 0.598. The maximum absolute atomic E-state index is 12.7. The molecule has 1 saturated heterocycles. The number of benzene rings is 2. The van der Waals surface area contributed by atoms with E-state index in [1.807, 2.05) is 37.4 Å². The van der Waals surface area contributed by atoms with Crippen LogP contribution < -0.4 is 5.32 Å². The minimum absolute atomic E-state index is 0.111. The molecule has 31 heavy (non-hydrogen) atoms. The van der Waals surface area contributed by atoms with Crippen molar-refractivity contribution in [2.24, 2.45) is 0 Å². The van der Waals surface area contributed by atoms with Crippen LogP contribution in [0.5, 0.6) is 0 Å². The third-order valence-electron chi connectivity index (χ3n) is 5.37. The van der Waals surface area contributed by atoms with E-state index in [9.17, 15) is 13.2 Å². The van der Waals surface area contributed by atoms with Gasteiger partial charge >= 0.3 is 0 Å². The summed E-state index contributed by atoms with van der Waals surface area (Å²) in [7, 11) is -3.42. The van der Waals surface area contributed by atoms with Crippen LogP contribution in [0.15, 0.2) is 52.7 Å². The summed E-state index contributed by atoms with van der Waals surface area (Å²) in [6.07, 6.45) is 2.02. The van der Waals surface area contributed by atoms with Gasteiger partial charge < -0.3 is 5.32 Å². The Balaban J connectivity index is 1.43. The first kappa shape index (κ1) is 21.7. The Kier molecular flexibility index (Phi) is 6.22. The Labute approximate surface area is 187 Å². The molecule has 1 fully saturated rings. The molecule has 0 radical (unpaired) electrons. The van der Waals surface area contributed by atoms with Gasteiger partial charge in [0.05, 0.1) is 17.0 Å². The average molecular weight is 456 g/mol. The van der Waals surface area contributed by atoms with Gasteiger partial charge in [0.2, 0.25) is 15.9 Å². The van der Waals surface area contributed by atoms with Gasteiger partial charge in [-0.2, -0.15) is 4.31 Å². The topological polar surface area (TPSA) is 79.4 Å². The number of aromatic nitrogens is 1. The molecule has 3 aromatic rings. The van der Waals surface area contributed by atoms with Crippen LogP contribution in [0, 0.1) is 13.8 Å². The Hall–Kier alpha value is -2.55. The molecular formula is C23H25N3O3S2. The van der Waals surface area contributed by atoms with Crippen molar-refractivity contribution >= 4 is 33.0 Å². The smallest absolute Gasteiger partial charge is 0.243 e. The second-order valence-electron chi connectivity index (χ2n) is 7.81. The molecule has 162 valence electrons. The molecule has 4 rings (SSSR count). The molecule has 1 aliphatic rings. The van der Waals surface area contributed by atoms with E-state index < -0.39 is 10.0 Å². The molecule has 1 aliphatic heterocycles. The number of hydrogen-bond donors (Lipinski definition) is 1. The molecule has 6 nitrogen and oxygen atoms in total. The Morgan fingerprint density at radius 3 is 2.48 bits per heavy atom. The van der Waals surface area contributed by atoms with E-state index in [1.165, 1.54) is 15.6 Å². The highest BCUT2D eigenvalue weighted by Crippen LogP contribution is 2.26. The van der Waals surface area contributed by atoms with Gasteiger partial charge in [0.1, 0.15) is 5.01 Å². The van der Waals surface area contributed by atoms with Crippen molar-refractivity contribution < 1.29 is 13.2 Å². The maximum atomic E-state index is 12.7. The van der Waals surface area contributed by atoms with Crippen LogP contribution in [0.1, 0.15) is 29.0 Å². The SMILES string of the molecule is Cc1ccc(NC(=O)Cc2nc(-c3ccc(S(=O)(=O)N4CCCC4)cc3)cs2)c(C)c1. The number of rotatable bonds is 6. The van der Waals surface area contributed by atoms with Crippen molar-refractivity contribution in [1.82, 2.24) is 9.29 Å². The summed E-state index contributed by atoms with van der Waals surface area (Å²) < 4.78 is 26.9. The molecule has 0 atom stereocenters. The lowest BCUT2D eigenvalue weighted by molar-refractivity contribution is -0.115. The monoisotopic (exact) mass is 455 g/mol. The van der Waals surface area contributed by atoms with Crippen molar-refractivity contribution in [1.29, 1.82) is 0 Å². The first-order valence-electron chi connectivity index (χ1n) is 10.2. The van der Waals surface area contributed by atoms with E-state index in [0.717, 1.165) is 40.9 Å². The van der Waals surface area contributed by atoms with E-state index >= 15 is 0 Å². The molecule has 2 aromatic carbocycles. The van der Waals surface area contributed by atoms with Gasteiger partial charge in [0.25, 0.3) is 0 Å². The molecule has 8 heteroatoms. The third kappa shape index (κ3) is 4.87. The first-order valence-corrected chi connectivity index (χ1v) is 12.6. The highest BCUT2D eigenvalue weighted by Gasteiger charge is 2.27. The van der Waals surface area contributed by atoms with Crippen molar-refractivity contribution in [3.8, 4) is 11.3 Å². The minimum atomic E-state index is -3.42. The summed E-state index contributed by atoms with van der Waals surface area (Å²) in [5.74, 6) is -0.111. The van der Waals surface area contributed by atoms with Gasteiger partial charge in [-0.05, 0) is 50.5 Å². The van der Waals surface area contributed by atoms with E-state index in [1.54, 1.807) is 24.3 Å². The van der Waals surface area contributed by atoms with Crippen molar-refractivity contribution in [2.45, 2.75) is 38.0 Å². The lowest BCUT2D eigenvalue weighted by Crippen LogP contribution is -2.27. The summed E-state index contributed by atoms with van der Waals surface area (Å²) >= 11 is 1.42. The summed E-state index contributed by atoms with van der Waals surface area (Å²) in [6.45, 7) is 5.16. The van der Waals surface area contributed by atoms with E-state index in [4.69, 9.17) is 0 Å². The number of carbonyl (C=O) groups is 1. The third-order valence-corrected chi connectivity index (χ3v) is 8.13. The Morgan fingerprint density at radius 2 is 1.81 bits per heavy atom. The number of anilines is 1.